The van der Waals surface area contributed by atoms with Crippen LogP contribution in [-0.2, 0) is 11.8 Å². The number of ether oxygens (including phenoxy) is 1. The summed E-state index contributed by atoms with van der Waals surface area (Å²) in [5, 5.41) is 0. The van der Waals surface area contributed by atoms with E-state index in [1.165, 1.54) is 7.11 Å². The Hall–Kier alpha value is -2.42. The third kappa shape index (κ3) is 3.52. The molecule has 96 valence electrons. The Morgan fingerprint density at radius 2 is 1.53 bits per heavy atom. The molecule has 0 amide bonds. The largest absolute Gasteiger partial charge is 0.465 e. The Balaban J connectivity index is 2.11. The number of methoxy groups -OCH3 is 1. The van der Waals surface area contributed by atoms with E-state index in [0.29, 0.717) is 5.56 Å². The minimum Gasteiger partial charge on any atom is -0.465 e. The summed E-state index contributed by atoms with van der Waals surface area (Å²) in [5.74, 6) is -0.314. The molecule has 19 heavy (non-hydrogen) atoms. The number of hydrogen-bond donors (Lipinski definition) is 0. The molecule has 0 spiro atoms. The minimum absolute atomic E-state index is 0.314. The lowest BCUT2D eigenvalue weighted by Gasteiger charge is -1.99. The number of esters is 1. The Morgan fingerprint density at radius 1 is 1.00 bits per heavy atom. The summed E-state index contributed by atoms with van der Waals surface area (Å²) in [7, 11) is 3.37. The van der Waals surface area contributed by atoms with Crippen LogP contribution in [0.5, 0.6) is 0 Å². The fraction of sp³-hybridized carbons (Fsp3) is 0.125. The predicted molar refractivity (Wildman–Crippen MR) is 74.3 cm³/mol. The van der Waals surface area contributed by atoms with Crippen LogP contribution in [0.25, 0.3) is 12.2 Å². The molecule has 0 saturated carbocycles. The summed E-state index contributed by atoms with van der Waals surface area (Å²) >= 11 is 0. The number of hydrogen-bond acceptors (Lipinski definition) is 2. The first kappa shape index (κ1) is 13.0. The van der Waals surface area contributed by atoms with Crippen molar-refractivity contribution in [2.75, 3.05) is 7.11 Å². The number of pyridine rings is 1. The third-order valence-electron chi connectivity index (χ3n) is 2.80. The van der Waals surface area contributed by atoms with Gasteiger partial charge in [-0.25, -0.2) is 9.36 Å². The van der Waals surface area contributed by atoms with Gasteiger partial charge in [-0.15, -0.1) is 0 Å². The molecule has 0 saturated heterocycles. The van der Waals surface area contributed by atoms with Gasteiger partial charge in [-0.1, -0.05) is 24.3 Å². The van der Waals surface area contributed by atoms with E-state index in [9.17, 15) is 4.79 Å². The predicted octanol–water partition coefficient (Wildman–Crippen LogP) is 2.47. The number of benzene rings is 1. The summed E-state index contributed by atoms with van der Waals surface area (Å²) < 4.78 is 6.65. The maximum Gasteiger partial charge on any atom is 0.337 e. The lowest BCUT2D eigenvalue weighted by atomic mass is 10.1. The van der Waals surface area contributed by atoms with Gasteiger partial charge in [-0.05, 0) is 23.3 Å². The molecule has 3 nitrogen and oxygen atoms in total. The maximum atomic E-state index is 11.3. The van der Waals surface area contributed by atoms with Crippen molar-refractivity contribution >= 4 is 18.1 Å². The van der Waals surface area contributed by atoms with Gasteiger partial charge in [0.05, 0.1) is 12.7 Å². The average molecular weight is 254 g/mol. The summed E-state index contributed by atoms with van der Waals surface area (Å²) in [6.45, 7) is 0. The van der Waals surface area contributed by atoms with Crippen LogP contribution >= 0.6 is 0 Å². The molecule has 0 atom stereocenters. The second-order valence-electron chi connectivity index (χ2n) is 4.24. The number of carbonyl (C=O) groups is 1. The molecule has 0 bridgehead atoms. The Labute approximate surface area is 112 Å². The minimum atomic E-state index is -0.314. The number of nitrogens with zero attached hydrogens (tertiary/aromatic N) is 1. The molecule has 0 radical (unpaired) electrons. The number of rotatable bonds is 3. The highest BCUT2D eigenvalue weighted by Gasteiger charge is 2.02. The molecule has 0 aliphatic rings. The van der Waals surface area contributed by atoms with Gasteiger partial charge in [0.1, 0.15) is 7.05 Å². The van der Waals surface area contributed by atoms with Crippen LogP contribution in [0, 0.1) is 0 Å². The first-order valence-electron chi connectivity index (χ1n) is 6.01. The average Bonchev–Trinajstić information content (AvgIpc) is 2.46. The van der Waals surface area contributed by atoms with Crippen LogP contribution < -0.4 is 4.57 Å². The highest BCUT2D eigenvalue weighted by atomic mass is 16.5. The lowest BCUT2D eigenvalue weighted by molar-refractivity contribution is -0.671. The molecular formula is C16H16NO2+. The van der Waals surface area contributed by atoms with E-state index in [1.807, 2.05) is 60.4 Å². The molecule has 2 aromatic rings. The van der Waals surface area contributed by atoms with Crippen molar-refractivity contribution in [2.24, 2.45) is 7.05 Å². The first-order valence-corrected chi connectivity index (χ1v) is 6.01. The quantitative estimate of drug-likeness (QED) is 0.622. The molecule has 1 heterocycles. The van der Waals surface area contributed by atoms with Gasteiger partial charge in [-0.3, -0.25) is 0 Å². The molecule has 2 rings (SSSR count). The molecule has 1 aromatic heterocycles. The number of aryl methyl sites for hydroxylation is 1. The fourth-order valence-corrected chi connectivity index (χ4v) is 1.66. The molecule has 0 aliphatic heterocycles. The summed E-state index contributed by atoms with van der Waals surface area (Å²) in [6.07, 6.45) is 8.05. The summed E-state index contributed by atoms with van der Waals surface area (Å²) in [6, 6.07) is 11.4. The monoisotopic (exact) mass is 254 g/mol. The van der Waals surface area contributed by atoms with Crippen LogP contribution in [-0.4, -0.2) is 13.1 Å². The molecule has 0 unspecified atom stereocenters. The standard InChI is InChI=1S/C16H16NO2/c1-17-11-9-14(10-12-17)4-3-13-5-7-15(8-6-13)16(18)19-2/h3-12H,1-2H3/q+1/b4-3+. The van der Waals surface area contributed by atoms with Crippen molar-refractivity contribution in [1.29, 1.82) is 0 Å². The summed E-state index contributed by atoms with van der Waals surface area (Å²) in [4.78, 5) is 11.3. The van der Waals surface area contributed by atoms with Gasteiger partial charge in [0.15, 0.2) is 12.4 Å². The van der Waals surface area contributed by atoms with Crippen LogP contribution in [0.15, 0.2) is 48.8 Å². The van der Waals surface area contributed by atoms with E-state index in [1.54, 1.807) is 12.1 Å². The van der Waals surface area contributed by atoms with Gasteiger partial charge < -0.3 is 4.74 Å². The fourth-order valence-electron chi connectivity index (χ4n) is 1.66. The first-order chi connectivity index (χ1) is 9.19. The highest BCUT2D eigenvalue weighted by Crippen LogP contribution is 2.09. The van der Waals surface area contributed by atoms with Crippen molar-refractivity contribution in [2.45, 2.75) is 0 Å². The number of aromatic nitrogens is 1. The smallest absolute Gasteiger partial charge is 0.337 e. The van der Waals surface area contributed by atoms with Crippen molar-refractivity contribution in [3.63, 3.8) is 0 Å². The normalized spacial score (nSPS) is 10.6. The molecule has 0 aliphatic carbocycles. The van der Waals surface area contributed by atoms with E-state index in [0.717, 1.165) is 11.1 Å². The van der Waals surface area contributed by atoms with Crippen molar-refractivity contribution in [3.05, 3.63) is 65.5 Å². The van der Waals surface area contributed by atoms with Crippen LogP contribution in [0.4, 0.5) is 0 Å². The van der Waals surface area contributed by atoms with Crippen molar-refractivity contribution in [3.8, 4) is 0 Å². The molecule has 3 heteroatoms. The Kier molecular flexibility index (Phi) is 4.08. The SMILES string of the molecule is COC(=O)c1ccc(/C=C/c2cc[n+](C)cc2)cc1. The van der Waals surface area contributed by atoms with Gasteiger partial charge in [-0.2, -0.15) is 0 Å². The lowest BCUT2D eigenvalue weighted by Crippen LogP contribution is -2.25. The Bertz CT molecular complexity index is 583. The van der Waals surface area contributed by atoms with E-state index < -0.39 is 0 Å². The van der Waals surface area contributed by atoms with Crippen molar-refractivity contribution < 1.29 is 14.1 Å². The van der Waals surface area contributed by atoms with E-state index >= 15 is 0 Å². The number of carbonyl (C=O) groups excluding carboxylic acids is 1. The van der Waals surface area contributed by atoms with Crippen molar-refractivity contribution in [1.82, 2.24) is 0 Å². The molecular weight excluding hydrogens is 238 g/mol. The van der Waals surface area contributed by atoms with Crippen LogP contribution in [0.2, 0.25) is 0 Å². The molecule has 0 fully saturated rings. The van der Waals surface area contributed by atoms with Crippen LogP contribution in [0.1, 0.15) is 21.5 Å². The second-order valence-corrected chi connectivity index (χ2v) is 4.24. The van der Waals surface area contributed by atoms with E-state index in [2.05, 4.69) is 4.74 Å². The van der Waals surface area contributed by atoms with Gasteiger partial charge in [0.25, 0.3) is 0 Å². The topological polar surface area (TPSA) is 30.2 Å². The summed E-state index contributed by atoms with van der Waals surface area (Å²) in [5.41, 5.74) is 2.74. The zero-order valence-corrected chi connectivity index (χ0v) is 11.0. The molecule has 1 aromatic carbocycles. The Morgan fingerprint density at radius 3 is 2.05 bits per heavy atom. The zero-order chi connectivity index (χ0) is 13.7. The molecule has 0 N–H and O–H groups in total. The zero-order valence-electron chi connectivity index (χ0n) is 11.0. The van der Waals surface area contributed by atoms with E-state index in [4.69, 9.17) is 0 Å². The van der Waals surface area contributed by atoms with Crippen LogP contribution in [0.3, 0.4) is 0 Å². The highest BCUT2D eigenvalue weighted by molar-refractivity contribution is 5.89. The van der Waals surface area contributed by atoms with Gasteiger partial charge >= 0.3 is 5.97 Å². The van der Waals surface area contributed by atoms with Gasteiger partial charge in [0.2, 0.25) is 0 Å². The van der Waals surface area contributed by atoms with E-state index in [-0.39, 0.29) is 5.97 Å². The maximum absolute atomic E-state index is 11.3. The third-order valence-corrected chi connectivity index (χ3v) is 2.80. The van der Waals surface area contributed by atoms with Gasteiger partial charge in [0, 0.05) is 12.1 Å². The second kappa shape index (κ2) is 5.96.